The summed E-state index contributed by atoms with van der Waals surface area (Å²) in [4.78, 5) is 26.7. The first-order valence-electron chi connectivity index (χ1n) is 5.32. The van der Waals surface area contributed by atoms with Crippen LogP contribution in [0.1, 0.15) is 10.4 Å². The third-order valence-electron chi connectivity index (χ3n) is 2.58. The first kappa shape index (κ1) is 12.0. The predicted octanol–water partition coefficient (Wildman–Crippen LogP) is 1.23. The van der Waals surface area contributed by atoms with Crippen LogP contribution in [0.25, 0.3) is 11.1 Å². The van der Waals surface area contributed by atoms with Crippen LogP contribution < -0.4 is 5.56 Å². The van der Waals surface area contributed by atoms with E-state index in [2.05, 4.69) is 9.72 Å². The highest BCUT2D eigenvalue weighted by atomic mass is 16.5. The van der Waals surface area contributed by atoms with E-state index in [1.54, 1.807) is 31.6 Å². The fraction of sp³-hybridized carbons (Fsp3) is 0.154. The fourth-order valence-electron chi connectivity index (χ4n) is 1.59. The van der Waals surface area contributed by atoms with E-state index < -0.39 is 5.97 Å². The lowest BCUT2D eigenvalue weighted by Gasteiger charge is -2.05. The second kappa shape index (κ2) is 4.83. The van der Waals surface area contributed by atoms with Crippen LogP contribution in [0, 0.1) is 0 Å². The molecule has 92 valence electrons. The van der Waals surface area contributed by atoms with E-state index in [4.69, 9.17) is 0 Å². The van der Waals surface area contributed by atoms with Crippen molar-refractivity contribution >= 4 is 5.97 Å². The summed E-state index contributed by atoms with van der Waals surface area (Å²) in [6.45, 7) is 0. The molecular weight excluding hydrogens is 232 g/mol. The standard InChI is InChI=1S/C13H12N2O3/c1-15-8-9(3-4-12(15)16)10-5-11(7-14-6-10)13(17)18-2/h3-8H,1-2H3. The number of hydrogen-bond acceptors (Lipinski definition) is 4. The van der Waals surface area contributed by atoms with Gasteiger partial charge in [0.2, 0.25) is 5.56 Å². The number of carbonyl (C=O) groups is 1. The van der Waals surface area contributed by atoms with Gasteiger partial charge in [0.25, 0.3) is 0 Å². The van der Waals surface area contributed by atoms with Gasteiger partial charge in [-0.2, -0.15) is 0 Å². The van der Waals surface area contributed by atoms with Gasteiger partial charge in [-0.1, -0.05) is 0 Å². The molecule has 2 aromatic heterocycles. The molecule has 0 aromatic carbocycles. The van der Waals surface area contributed by atoms with E-state index in [9.17, 15) is 9.59 Å². The summed E-state index contributed by atoms with van der Waals surface area (Å²) >= 11 is 0. The summed E-state index contributed by atoms with van der Waals surface area (Å²) in [5.41, 5.74) is 1.86. The second-order valence-electron chi connectivity index (χ2n) is 3.82. The molecule has 2 aromatic rings. The third-order valence-corrected chi connectivity index (χ3v) is 2.58. The molecule has 0 aliphatic carbocycles. The fourth-order valence-corrected chi connectivity index (χ4v) is 1.59. The molecule has 18 heavy (non-hydrogen) atoms. The quantitative estimate of drug-likeness (QED) is 0.745. The minimum atomic E-state index is -0.436. The Labute approximate surface area is 104 Å². The summed E-state index contributed by atoms with van der Waals surface area (Å²) < 4.78 is 6.11. The van der Waals surface area contributed by atoms with Gasteiger partial charge in [-0.05, 0) is 17.7 Å². The van der Waals surface area contributed by atoms with Crippen LogP contribution in [-0.2, 0) is 11.8 Å². The molecule has 0 aliphatic heterocycles. The lowest BCUT2D eigenvalue weighted by molar-refractivity contribution is 0.0600. The summed E-state index contributed by atoms with van der Waals surface area (Å²) in [5.74, 6) is -0.436. The Morgan fingerprint density at radius 3 is 2.72 bits per heavy atom. The molecule has 5 heteroatoms. The molecule has 0 saturated heterocycles. The smallest absolute Gasteiger partial charge is 0.339 e. The van der Waals surface area contributed by atoms with E-state index >= 15 is 0 Å². The van der Waals surface area contributed by atoms with Crippen molar-refractivity contribution < 1.29 is 9.53 Å². The first-order valence-corrected chi connectivity index (χ1v) is 5.32. The average Bonchev–Trinajstić information content (AvgIpc) is 2.41. The van der Waals surface area contributed by atoms with Gasteiger partial charge >= 0.3 is 5.97 Å². The van der Waals surface area contributed by atoms with Gasteiger partial charge in [-0.15, -0.1) is 0 Å². The van der Waals surface area contributed by atoms with Crippen LogP contribution in [-0.4, -0.2) is 22.6 Å². The molecule has 0 radical (unpaired) electrons. The zero-order valence-electron chi connectivity index (χ0n) is 10.1. The van der Waals surface area contributed by atoms with E-state index in [1.807, 2.05) is 0 Å². The number of esters is 1. The maximum absolute atomic E-state index is 11.4. The van der Waals surface area contributed by atoms with Gasteiger partial charge in [-0.25, -0.2) is 4.79 Å². The molecule has 0 atom stereocenters. The topological polar surface area (TPSA) is 61.2 Å². The van der Waals surface area contributed by atoms with Crippen molar-refractivity contribution in [1.29, 1.82) is 0 Å². The molecular formula is C13H12N2O3. The number of aromatic nitrogens is 2. The molecule has 0 fully saturated rings. The van der Waals surface area contributed by atoms with Crippen LogP contribution >= 0.6 is 0 Å². The maximum atomic E-state index is 11.4. The lowest BCUT2D eigenvalue weighted by Crippen LogP contribution is -2.14. The normalized spacial score (nSPS) is 10.1. The summed E-state index contributed by atoms with van der Waals surface area (Å²) in [6.07, 6.45) is 4.77. The Morgan fingerprint density at radius 2 is 2.06 bits per heavy atom. The predicted molar refractivity (Wildman–Crippen MR) is 66.3 cm³/mol. The second-order valence-corrected chi connectivity index (χ2v) is 3.82. The number of methoxy groups -OCH3 is 1. The van der Waals surface area contributed by atoms with Gasteiger partial charge < -0.3 is 9.30 Å². The van der Waals surface area contributed by atoms with Crippen molar-refractivity contribution in [2.75, 3.05) is 7.11 Å². The van der Waals surface area contributed by atoms with Crippen LogP contribution in [0.15, 0.2) is 41.6 Å². The number of pyridine rings is 2. The monoisotopic (exact) mass is 244 g/mol. The average molecular weight is 244 g/mol. The molecule has 2 heterocycles. The van der Waals surface area contributed by atoms with Crippen LogP contribution in [0.5, 0.6) is 0 Å². The van der Waals surface area contributed by atoms with Crippen LogP contribution in [0.4, 0.5) is 0 Å². The highest BCUT2D eigenvalue weighted by Gasteiger charge is 2.08. The van der Waals surface area contributed by atoms with Crippen molar-refractivity contribution in [3.8, 4) is 11.1 Å². The Balaban J connectivity index is 2.47. The summed E-state index contributed by atoms with van der Waals surface area (Å²) in [7, 11) is 2.99. The Hall–Kier alpha value is -2.43. The van der Waals surface area contributed by atoms with Gasteiger partial charge in [0.15, 0.2) is 0 Å². The number of aryl methyl sites for hydroxylation is 1. The third kappa shape index (κ3) is 2.29. The number of ether oxygens (including phenoxy) is 1. The van der Waals surface area contributed by atoms with Crippen LogP contribution in [0.2, 0.25) is 0 Å². The number of nitrogens with zero attached hydrogens (tertiary/aromatic N) is 2. The Morgan fingerprint density at radius 1 is 1.28 bits per heavy atom. The number of carbonyl (C=O) groups excluding carboxylic acids is 1. The first-order chi connectivity index (χ1) is 8.61. The minimum absolute atomic E-state index is 0.0872. The molecule has 0 N–H and O–H groups in total. The minimum Gasteiger partial charge on any atom is -0.465 e. The molecule has 0 aliphatic rings. The Kier molecular flexibility index (Phi) is 3.23. The van der Waals surface area contributed by atoms with Crippen molar-refractivity contribution in [3.63, 3.8) is 0 Å². The highest BCUT2D eigenvalue weighted by Crippen LogP contribution is 2.18. The SMILES string of the molecule is COC(=O)c1cncc(-c2ccc(=O)n(C)c2)c1. The number of rotatable bonds is 2. The lowest BCUT2D eigenvalue weighted by atomic mass is 10.1. The summed E-state index contributed by atoms with van der Waals surface area (Å²) in [5, 5.41) is 0. The van der Waals surface area contributed by atoms with E-state index in [1.165, 1.54) is 23.9 Å². The molecule has 0 saturated carbocycles. The summed E-state index contributed by atoms with van der Waals surface area (Å²) in [6, 6.07) is 4.85. The van der Waals surface area contributed by atoms with E-state index in [-0.39, 0.29) is 5.56 Å². The van der Waals surface area contributed by atoms with Gasteiger partial charge in [0, 0.05) is 37.3 Å². The van der Waals surface area contributed by atoms with Crippen molar-refractivity contribution in [2.24, 2.45) is 7.05 Å². The molecule has 5 nitrogen and oxygen atoms in total. The largest absolute Gasteiger partial charge is 0.465 e. The molecule has 0 amide bonds. The number of hydrogen-bond donors (Lipinski definition) is 0. The Bertz CT molecular complexity index is 647. The maximum Gasteiger partial charge on any atom is 0.339 e. The van der Waals surface area contributed by atoms with Crippen molar-refractivity contribution in [1.82, 2.24) is 9.55 Å². The molecule has 0 unspecified atom stereocenters. The van der Waals surface area contributed by atoms with Crippen molar-refractivity contribution in [2.45, 2.75) is 0 Å². The highest BCUT2D eigenvalue weighted by molar-refractivity contribution is 5.90. The van der Waals surface area contributed by atoms with Gasteiger partial charge in [0.05, 0.1) is 12.7 Å². The van der Waals surface area contributed by atoms with Gasteiger partial charge in [0.1, 0.15) is 0 Å². The van der Waals surface area contributed by atoms with Crippen LogP contribution in [0.3, 0.4) is 0 Å². The van der Waals surface area contributed by atoms with E-state index in [0.717, 1.165) is 11.1 Å². The zero-order chi connectivity index (χ0) is 13.1. The zero-order valence-corrected chi connectivity index (χ0v) is 10.1. The van der Waals surface area contributed by atoms with Crippen molar-refractivity contribution in [3.05, 3.63) is 52.7 Å². The molecule has 0 bridgehead atoms. The van der Waals surface area contributed by atoms with E-state index in [0.29, 0.717) is 5.56 Å². The van der Waals surface area contributed by atoms with Gasteiger partial charge in [-0.3, -0.25) is 9.78 Å². The molecule has 2 rings (SSSR count). The molecule has 0 spiro atoms.